The molecule has 0 saturated heterocycles. The number of hydrogen-bond acceptors (Lipinski definition) is 2. The third-order valence-electron chi connectivity index (χ3n) is 3.66. The minimum Gasteiger partial charge on any atom is -0.365 e. The molecule has 3 rings (SSSR count). The van der Waals surface area contributed by atoms with Crippen LogP contribution in [0, 0.1) is 0 Å². The number of hydrogen-bond donors (Lipinski definition) is 0. The molecule has 0 aliphatic heterocycles. The molecule has 1 atom stereocenters. The van der Waals surface area contributed by atoms with E-state index in [9.17, 15) is 4.79 Å². The molecular weight excluding hydrogens is 224 g/mol. The molecule has 2 nitrogen and oxygen atoms in total. The van der Waals surface area contributed by atoms with Crippen LogP contribution in [0.1, 0.15) is 21.5 Å². The largest absolute Gasteiger partial charge is 0.365 e. The summed E-state index contributed by atoms with van der Waals surface area (Å²) in [7, 11) is 1.61. The van der Waals surface area contributed by atoms with E-state index in [0.717, 1.165) is 16.7 Å². The van der Waals surface area contributed by atoms with E-state index in [1.54, 1.807) is 7.11 Å². The van der Waals surface area contributed by atoms with Crippen molar-refractivity contribution in [2.75, 3.05) is 7.11 Å². The van der Waals surface area contributed by atoms with Crippen molar-refractivity contribution < 1.29 is 9.53 Å². The Kier molecular flexibility index (Phi) is 2.53. The summed E-state index contributed by atoms with van der Waals surface area (Å²) in [6, 6.07) is 17.5. The van der Waals surface area contributed by atoms with E-state index in [1.807, 2.05) is 54.6 Å². The molecule has 0 spiro atoms. The standard InChI is InChI=1S/C16H14O2/c1-18-16(13-8-3-2-4-9-13)11-12-7-5-6-10-14(12)15(16)17/h2-10H,11H2,1H3/t16-/m1/s1. The number of Topliss-reactive ketones (excluding diaryl/α,β-unsaturated/α-hetero) is 1. The molecule has 0 radical (unpaired) electrons. The Balaban J connectivity index is 2.15. The fourth-order valence-corrected chi connectivity index (χ4v) is 2.69. The molecule has 0 amide bonds. The average molecular weight is 238 g/mol. The number of ether oxygens (including phenoxy) is 1. The van der Waals surface area contributed by atoms with Crippen molar-refractivity contribution in [2.45, 2.75) is 12.0 Å². The van der Waals surface area contributed by atoms with Crippen LogP contribution in [-0.4, -0.2) is 12.9 Å². The van der Waals surface area contributed by atoms with Gasteiger partial charge in [0.15, 0.2) is 11.4 Å². The molecule has 90 valence electrons. The van der Waals surface area contributed by atoms with Gasteiger partial charge in [0.05, 0.1) is 0 Å². The molecule has 0 aromatic heterocycles. The van der Waals surface area contributed by atoms with Gasteiger partial charge in [0.25, 0.3) is 0 Å². The van der Waals surface area contributed by atoms with E-state index < -0.39 is 5.60 Å². The first-order chi connectivity index (χ1) is 8.78. The molecule has 0 fully saturated rings. The first kappa shape index (κ1) is 11.2. The lowest BCUT2D eigenvalue weighted by molar-refractivity contribution is 0.00452. The summed E-state index contributed by atoms with van der Waals surface area (Å²) in [6.07, 6.45) is 0.614. The minimum absolute atomic E-state index is 0.0619. The van der Waals surface area contributed by atoms with E-state index in [4.69, 9.17) is 4.74 Å². The fraction of sp³-hybridized carbons (Fsp3) is 0.188. The van der Waals surface area contributed by atoms with Crippen molar-refractivity contribution in [3.63, 3.8) is 0 Å². The summed E-state index contributed by atoms with van der Waals surface area (Å²) < 4.78 is 5.63. The van der Waals surface area contributed by atoms with Crippen LogP contribution in [0.3, 0.4) is 0 Å². The van der Waals surface area contributed by atoms with Gasteiger partial charge in [-0.3, -0.25) is 4.79 Å². The van der Waals surface area contributed by atoms with Crippen molar-refractivity contribution in [3.05, 3.63) is 71.3 Å². The molecule has 0 heterocycles. The highest BCUT2D eigenvalue weighted by Gasteiger charge is 2.46. The van der Waals surface area contributed by atoms with Crippen LogP contribution in [0.4, 0.5) is 0 Å². The SMILES string of the molecule is CO[C@@]1(c2ccccc2)Cc2ccccc2C1=O. The van der Waals surface area contributed by atoms with Crippen LogP contribution in [0.5, 0.6) is 0 Å². The van der Waals surface area contributed by atoms with Gasteiger partial charge in [-0.2, -0.15) is 0 Å². The lowest BCUT2D eigenvalue weighted by atomic mass is 9.89. The number of fused-ring (bicyclic) bond motifs is 1. The minimum atomic E-state index is -0.842. The van der Waals surface area contributed by atoms with Crippen molar-refractivity contribution in [3.8, 4) is 0 Å². The smallest absolute Gasteiger partial charge is 0.199 e. The molecule has 2 heteroatoms. The van der Waals surface area contributed by atoms with Gasteiger partial charge >= 0.3 is 0 Å². The van der Waals surface area contributed by atoms with Gasteiger partial charge in [0, 0.05) is 19.1 Å². The van der Waals surface area contributed by atoms with E-state index in [0.29, 0.717) is 6.42 Å². The second-order valence-electron chi connectivity index (χ2n) is 4.56. The highest BCUT2D eigenvalue weighted by molar-refractivity contribution is 6.07. The van der Waals surface area contributed by atoms with Crippen LogP contribution in [0.2, 0.25) is 0 Å². The topological polar surface area (TPSA) is 26.3 Å². The fourth-order valence-electron chi connectivity index (χ4n) is 2.69. The quantitative estimate of drug-likeness (QED) is 0.804. The Morgan fingerprint density at radius 1 is 1.00 bits per heavy atom. The lowest BCUT2D eigenvalue weighted by Crippen LogP contribution is -2.35. The number of rotatable bonds is 2. The molecule has 2 aromatic rings. The molecule has 18 heavy (non-hydrogen) atoms. The maximum absolute atomic E-state index is 12.6. The Hall–Kier alpha value is -1.93. The molecule has 1 aliphatic carbocycles. The highest BCUT2D eigenvalue weighted by atomic mass is 16.5. The van der Waals surface area contributed by atoms with Crippen molar-refractivity contribution in [2.24, 2.45) is 0 Å². The van der Waals surface area contributed by atoms with Crippen LogP contribution in [0.25, 0.3) is 0 Å². The van der Waals surface area contributed by atoms with Gasteiger partial charge in [0.1, 0.15) is 0 Å². The van der Waals surface area contributed by atoms with Gasteiger partial charge in [0.2, 0.25) is 0 Å². The molecule has 0 unspecified atom stereocenters. The summed E-state index contributed by atoms with van der Waals surface area (Å²) in [5.41, 5.74) is 1.93. The van der Waals surface area contributed by atoms with Crippen LogP contribution in [0.15, 0.2) is 54.6 Å². The normalized spacial score (nSPS) is 21.9. The Labute approximate surface area is 106 Å². The third-order valence-corrected chi connectivity index (χ3v) is 3.66. The van der Waals surface area contributed by atoms with E-state index >= 15 is 0 Å². The van der Waals surface area contributed by atoms with Crippen molar-refractivity contribution >= 4 is 5.78 Å². The summed E-state index contributed by atoms with van der Waals surface area (Å²) in [4.78, 5) is 12.6. The van der Waals surface area contributed by atoms with E-state index in [-0.39, 0.29) is 5.78 Å². The molecule has 2 aromatic carbocycles. The van der Waals surface area contributed by atoms with Crippen LogP contribution in [-0.2, 0) is 16.8 Å². The van der Waals surface area contributed by atoms with Crippen LogP contribution >= 0.6 is 0 Å². The zero-order valence-electron chi connectivity index (χ0n) is 10.2. The summed E-state index contributed by atoms with van der Waals surface area (Å²) in [6.45, 7) is 0. The summed E-state index contributed by atoms with van der Waals surface area (Å²) >= 11 is 0. The maximum atomic E-state index is 12.6. The zero-order chi connectivity index (χ0) is 12.6. The Morgan fingerprint density at radius 3 is 2.33 bits per heavy atom. The van der Waals surface area contributed by atoms with E-state index in [1.165, 1.54) is 0 Å². The predicted molar refractivity (Wildman–Crippen MR) is 69.6 cm³/mol. The monoisotopic (exact) mass is 238 g/mol. The van der Waals surface area contributed by atoms with Crippen molar-refractivity contribution in [1.29, 1.82) is 0 Å². The number of ketones is 1. The van der Waals surface area contributed by atoms with E-state index in [2.05, 4.69) is 0 Å². The third kappa shape index (κ3) is 1.42. The van der Waals surface area contributed by atoms with Gasteiger partial charge in [-0.1, -0.05) is 54.6 Å². The number of carbonyl (C=O) groups excluding carboxylic acids is 1. The number of benzene rings is 2. The molecule has 1 aliphatic rings. The molecule has 0 saturated carbocycles. The van der Waals surface area contributed by atoms with Crippen LogP contribution < -0.4 is 0 Å². The second kappa shape index (κ2) is 4.07. The lowest BCUT2D eigenvalue weighted by Gasteiger charge is -2.26. The van der Waals surface area contributed by atoms with Crippen molar-refractivity contribution in [1.82, 2.24) is 0 Å². The van der Waals surface area contributed by atoms with Gasteiger partial charge < -0.3 is 4.74 Å². The van der Waals surface area contributed by atoms with Gasteiger partial charge in [-0.15, -0.1) is 0 Å². The number of methoxy groups -OCH3 is 1. The molecule has 0 bridgehead atoms. The Bertz CT molecular complexity index is 589. The Morgan fingerprint density at radius 2 is 1.67 bits per heavy atom. The summed E-state index contributed by atoms with van der Waals surface area (Å²) in [5, 5.41) is 0. The second-order valence-corrected chi connectivity index (χ2v) is 4.56. The zero-order valence-corrected chi connectivity index (χ0v) is 10.2. The molecule has 0 N–H and O–H groups in total. The number of carbonyl (C=O) groups is 1. The first-order valence-electron chi connectivity index (χ1n) is 6.01. The predicted octanol–water partition coefficient (Wildman–Crippen LogP) is 2.97. The maximum Gasteiger partial charge on any atom is 0.199 e. The first-order valence-corrected chi connectivity index (χ1v) is 6.01. The van der Waals surface area contributed by atoms with Gasteiger partial charge in [-0.05, 0) is 11.1 Å². The average Bonchev–Trinajstić information content (AvgIpc) is 2.74. The van der Waals surface area contributed by atoms with Gasteiger partial charge in [-0.25, -0.2) is 0 Å². The summed E-state index contributed by atoms with van der Waals surface area (Å²) in [5.74, 6) is 0.0619. The highest BCUT2D eigenvalue weighted by Crippen LogP contribution is 2.40. The molecular formula is C16H14O2.